The zero-order valence-electron chi connectivity index (χ0n) is 10.8. The van der Waals surface area contributed by atoms with Gasteiger partial charge in [0.05, 0.1) is 10.6 Å². The number of halogens is 2. The molecule has 0 fully saturated rings. The predicted molar refractivity (Wildman–Crippen MR) is 80.8 cm³/mol. The van der Waals surface area contributed by atoms with E-state index in [1.165, 1.54) is 12.1 Å². The highest BCUT2D eigenvalue weighted by Crippen LogP contribution is 2.23. The van der Waals surface area contributed by atoms with E-state index in [2.05, 4.69) is 5.32 Å². The van der Waals surface area contributed by atoms with Gasteiger partial charge >= 0.3 is 0 Å². The summed E-state index contributed by atoms with van der Waals surface area (Å²) >= 11 is 7.58. The van der Waals surface area contributed by atoms with E-state index in [0.717, 1.165) is 10.5 Å². The molecule has 0 aromatic heterocycles. The van der Waals surface area contributed by atoms with Gasteiger partial charge in [0.15, 0.2) is 0 Å². The van der Waals surface area contributed by atoms with Crippen molar-refractivity contribution >= 4 is 29.3 Å². The van der Waals surface area contributed by atoms with Crippen molar-refractivity contribution in [2.45, 2.75) is 11.4 Å². The lowest BCUT2D eigenvalue weighted by Crippen LogP contribution is -2.23. The molecule has 0 aliphatic rings. The van der Waals surface area contributed by atoms with Gasteiger partial charge in [0, 0.05) is 11.4 Å². The molecule has 0 aliphatic heterocycles. The van der Waals surface area contributed by atoms with Crippen LogP contribution >= 0.6 is 23.4 Å². The van der Waals surface area contributed by atoms with Crippen molar-refractivity contribution in [1.82, 2.24) is 5.32 Å². The maximum absolute atomic E-state index is 12.8. The zero-order chi connectivity index (χ0) is 14.5. The van der Waals surface area contributed by atoms with E-state index in [1.807, 2.05) is 12.3 Å². The molecule has 2 nitrogen and oxygen atoms in total. The molecule has 20 heavy (non-hydrogen) atoms. The zero-order valence-corrected chi connectivity index (χ0v) is 12.4. The van der Waals surface area contributed by atoms with Crippen molar-refractivity contribution in [2.24, 2.45) is 0 Å². The molecule has 0 spiro atoms. The van der Waals surface area contributed by atoms with E-state index in [1.54, 1.807) is 36.0 Å². The lowest BCUT2D eigenvalue weighted by Gasteiger charge is -2.08. The Kier molecular flexibility index (Phi) is 5.04. The summed E-state index contributed by atoms with van der Waals surface area (Å²) in [6.45, 7) is 0.332. The van der Waals surface area contributed by atoms with Crippen molar-refractivity contribution in [2.75, 3.05) is 6.26 Å². The van der Waals surface area contributed by atoms with E-state index < -0.39 is 0 Å². The minimum absolute atomic E-state index is 0.241. The summed E-state index contributed by atoms with van der Waals surface area (Å²) < 4.78 is 12.8. The maximum Gasteiger partial charge on any atom is 0.253 e. The minimum Gasteiger partial charge on any atom is -0.348 e. The fourth-order valence-electron chi connectivity index (χ4n) is 1.69. The summed E-state index contributed by atoms with van der Waals surface area (Å²) in [5, 5.41) is 3.19. The number of amides is 1. The van der Waals surface area contributed by atoms with Crippen LogP contribution in [0.3, 0.4) is 0 Å². The number of nitrogens with one attached hydrogen (secondary N) is 1. The Hall–Kier alpha value is -1.52. The molecule has 2 rings (SSSR count). The first-order chi connectivity index (χ1) is 9.60. The number of benzene rings is 2. The normalized spacial score (nSPS) is 10.3. The van der Waals surface area contributed by atoms with Gasteiger partial charge in [-0.15, -0.1) is 11.8 Å². The van der Waals surface area contributed by atoms with E-state index >= 15 is 0 Å². The Labute approximate surface area is 126 Å². The van der Waals surface area contributed by atoms with Crippen LogP contribution in [-0.2, 0) is 6.54 Å². The van der Waals surface area contributed by atoms with Crippen LogP contribution in [-0.4, -0.2) is 12.2 Å². The largest absolute Gasteiger partial charge is 0.348 e. The van der Waals surface area contributed by atoms with E-state index in [9.17, 15) is 9.18 Å². The van der Waals surface area contributed by atoms with Crippen LogP contribution in [0.25, 0.3) is 0 Å². The highest BCUT2D eigenvalue weighted by molar-refractivity contribution is 7.98. The maximum atomic E-state index is 12.8. The number of hydrogen-bond donors (Lipinski definition) is 1. The SMILES string of the molecule is CSc1ccc(Cl)c(C(=O)NCc2ccc(F)cc2)c1. The highest BCUT2D eigenvalue weighted by Gasteiger charge is 2.10. The number of carbonyl (C=O) groups is 1. The number of rotatable bonds is 4. The third kappa shape index (κ3) is 3.74. The summed E-state index contributed by atoms with van der Waals surface area (Å²) in [6.07, 6.45) is 1.93. The Balaban J connectivity index is 2.06. The van der Waals surface area contributed by atoms with Crippen LogP contribution in [0.4, 0.5) is 4.39 Å². The molecule has 0 saturated carbocycles. The van der Waals surface area contributed by atoms with Crippen molar-refractivity contribution in [3.8, 4) is 0 Å². The summed E-state index contributed by atoms with van der Waals surface area (Å²) in [7, 11) is 0. The molecule has 0 saturated heterocycles. The fourth-order valence-corrected chi connectivity index (χ4v) is 2.33. The molecule has 104 valence electrons. The molecule has 0 bridgehead atoms. The van der Waals surface area contributed by atoms with Gasteiger partial charge in [-0.05, 0) is 42.2 Å². The first-order valence-corrected chi connectivity index (χ1v) is 7.56. The van der Waals surface area contributed by atoms with Gasteiger partial charge in [0.25, 0.3) is 5.91 Å². The highest BCUT2D eigenvalue weighted by atomic mass is 35.5. The molecule has 0 atom stereocenters. The van der Waals surface area contributed by atoms with Crippen LogP contribution < -0.4 is 5.32 Å². The van der Waals surface area contributed by atoms with E-state index in [0.29, 0.717) is 17.1 Å². The first-order valence-electron chi connectivity index (χ1n) is 5.96. The molecule has 2 aromatic rings. The quantitative estimate of drug-likeness (QED) is 0.860. The summed E-state index contributed by atoms with van der Waals surface area (Å²) in [4.78, 5) is 13.1. The van der Waals surface area contributed by atoms with Crippen LogP contribution in [0.5, 0.6) is 0 Å². The molecule has 0 aliphatic carbocycles. The second-order valence-corrected chi connectivity index (χ2v) is 5.44. The third-order valence-corrected chi connectivity index (χ3v) is 3.84. The number of carbonyl (C=O) groups excluding carboxylic acids is 1. The van der Waals surface area contributed by atoms with Crippen molar-refractivity contribution in [1.29, 1.82) is 0 Å². The van der Waals surface area contributed by atoms with Crippen molar-refractivity contribution < 1.29 is 9.18 Å². The summed E-state index contributed by atoms with van der Waals surface area (Å²) in [6, 6.07) is 11.3. The topological polar surface area (TPSA) is 29.1 Å². The average Bonchev–Trinajstić information content (AvgIpc) is 2.47. The molecule has 5 heteroatoms. The smallest absolute Gasteiger partial charge is 0.253 e. The molecule has 2 aromatic carbocycles. The first kappa shape index (κ1) is 14.9. The minimum atomic E-state index is -0.296. The molecular weight excluding hydrogens is 297 g/mol. The van der Waals surface area contributed by atoms with Gasteiger partial charge in [-0.2, -0.15) is 0 Å². The van der Waals surface area contributed by atoms with Gasteiger partial charge in [0.1, 0.15) is 5.82 Å². The Morgan fingerprint density at radius 2 is 1.95 bits per heavy atom. The van der Waals surface area contributed by atoms with Crippen LogP contribution in [0, 0.1) is 5.82 Å². The van der Waals surface area contributed by atoms with Crippen LogP contribution in [0.1, 0.15) is 15.9 Å². The third-order valence-electron chi connectivity index (χ3n) is 2.78. The standard InChI is InChI=1S/C15H13ClFNOS/c1-20-12-6-7-14(16)13(8-12)15(19)18-9-10-2-4-11(17)5-3-10/h2-8H,9H2,1H3,(H,18,19). The number of thioether (sulfide) groups is 1. The predicted octanol–water partition coefficient (Wildman–Crippen LogP) is 4.13. The van der Waals surface area contributed by atoms with Crippen LogP contribution in [0.15, 0.2) is 47.4 Å². The monoisotopic (exact) mass is 309 g/mol. The van der Waals surface area contributed by atoms with Gasteiger partial charge in [-0.1, -0.05) is 23.7 Å². The number of hydrogen-bond acceptors (Lipinski definition) is 2. The Morgan fingerprint density at radius 1 is 1.25 bits per heavy atom. The summed E-state index contributed by atoms with van der Waals surface area (Å²) in [5.74, 6) is -0.536. The second-order valence-electron chi connectivity index (χ2n) is 4.15. The molecular formula is C15H13ClFNOS. The molecule has 1 N–H and O–H groups in total. The van der Waals surface area contributed by atoms with Gasteiger partial charge in [-0.25, -0.2) is 4.39 Å². The van der Waals surface area contributed by atoms with E-state index in [4.69, 9.17) is 11.6 Å². The van der Waals surface area contributed by atoms with Crippen molar-refractivity contribution in [3.05, 3.63) is 64.4 Å². The van der Waals surface area contributed by atoms with E-state index in [-0.39, 0.29) is 11.7 Å². The Morgan fingerprint density at radius 3 is 2.60 bits per heavy atom. The van der Waals surface area contributed by atoms with Crippen molar-refractivity contribution in [3.63, 3.8) is 0 Å². The molecule has 1 amide bonds. The fraction of sp³-hybridized carbons (Fsp3) is 0.133. The van der Waals surface area contributed by atoms with Gasteiger partial charge in [0.2, 0.25) is 0 Å². The molecule has 0 unspecified atom stereocenters. The average molecular weight is 310 g/mol. The second kappa shape index (κ2) is 6.77. The Bertz CT molecular complexity index is 616. The molecule has 0 radical (unpaired) electrons. The van der Waals surface area contributed by atoms with Crippen LogP contribution in [0.2, 0.25) is 5.02 Å². The molecule has 0 heterocycles. The summed E-state index contributed by atoms with van der Waals surface area (Å²) in [5.41, 5.74) is 1.28. The van der Waals surface area contributed by atoms with Gasteiger partial charge < -0.3 is 5.32 Å². The lowest BCUT2D eigenvalue weighted by molar-refractivity contribution is 0.0951. The van der Waals surface area contributed by atoms with Gasteiger partial charge in [-0.3, -0.25) is 4.79 Å². The lowest BCUT2D eigenvalue weighted by atomic mass is 10.2.